The minimum atomic E-state index is -1.10. The highest BCUT2D eigenvalue weighted by Crippen LogP contribution is 2.35. The van der Waals surface area contributed by atoms with Crippen LogP contribution in [0, 0.1) is 5.82 Å². The molecular formula is C21H20FN3O5S. The van der Waals surface area contributed by atoms with Gasteiger partial charge in [0.25, 0.3) is 5.91 Å². The fraction of sp³-hybridized carbons (Fsp3) is 0.333. The number of anilines is 1. The minimum Gasteiger partial charge on any atom is -0.481 e. The Bertz CT molecular complexity index is 1030. The van der Waals surface area contributed by atoms with Gasteiger partial charge in [-0.2, -0.15) is 0 Å². The predicted octanol–water partition coefficient (Wildman–Crippen LogP) is 2.69. The van der Waals surface area contributed by atoms with Crippen molar-refractivity contribution in [3.8, 4) is 0 Å². The number of carbonyl (C=O) groups is 4. The van der Waals surface area contributed by atoms with Gasteiger partial charge >= 0.3 is 12.0 Å². The van der Waals surface area contributed by atoms with Gasteiger partial charge in [0.1, 0.15) is 11.9 Å². The number of thiophene rings is 1. The first-order chi connectivity index (χ1) is 14.9. The summed E-state index contributed by atoms with van der Waals surface area (Å²) in [4.78, 5) is 55.0. The Morgan fingerprint density at radius 2 is 1.97 bits per heavy atom. The van der Waals surface area contributed by atoms with Gasteiger partial charge in [0.2, 0.25) is 5.91 Å². The summed E-state index contributed by atoms with van der Waals surface area (Å²) in [5.41, 5.74) is 0.0921. The second-order valence-electron chi connectivity index (χ2n) is 7.43. The van der Waals surface area contributed by atoms with Gasteiger partial charge in [-0.3, -0.25) is 14.4 Å². The van der Waals surface area contributed by atoms with Crippen molar-refractivity contribution in [2.24, 2.45) is 0 Å². The molecule has 1 aromatic carbocycles. The van der Waals surface area contributed by atoms with Crippen molar-refractivity contribution >= 4 is 40.8 Å². The predicted molar refractivity (Wildman–Crippen MR) is 110 cm³/mol. The van der Waals surface area contributed by atoms with Gasteiger partial charge in [0.15, 0.2) is 0 Å². The largest absolute Gasteiger partial charge is 0.481 e. The molecule has 2 aromatic rings. The van der Waals surface area contributed by atoms with Crippen molar-refractivity contribution in [1.82, 2.24) is 9.80 Å². The number of hydrogen-bond acceptors (Lipinski definition) is 5. The topological polar surface area (TPSA) is 98.2 Å². The van der Waals surface area contributed by atoms with Crippen molar-refractivity contribution in [2.75, 3.05) is 11.4 Å². The molecule has 162 valence electrons. The molecule has 2 fully saturated rings. The number of amides is 4. The van der Waals surface area contributed by atoms with Crippen LogP contribution in [-0.4, -0.2) is 57.3 Å². The Morgan fingerprint density at radius 1 is 1.16 bits per heavy atom. The molecule has 2 saturated heterocycles. The molecule has 8 nitrogen and oxygen atoms in total. The van der Waals surface area contributed by atoms with Crippen molar-refractivity contribution in [2.45, 2.75) is 37.9 Å². The summed E-state index contributed by atoms with van der Waals surface area (Å²) in [5.74, 6) is -2.75. The van der Waals surface area contributed by atoms with Crippen molar-refractivity contribution in [3.05, 3.63) is 52.5 Å². The summed E-state index contributed by atoms with van der Waals surface area (Å²) in [6.07, 6.45) is -0.166. The molecule has 4 amide bonds. The SMILES string of the molecule is O=C(O)CCC(=O)N1CCC2C1C(=O)N(c1cccc(F)c1)C(=O)N2Cc1cccs1. The summed E-state index contributed by atoms with van der Waals surface area (Å²) in [6.45, 7) is 0.499. The molecule has 3 heterocycles. The molecule has 0 spiro atoms. The third-order valence-corrected chi connectivity index (χ3v) is 6.38. The molecule has 0 radical (unpaired) electrons. The van der Waals surface area contributed by atoms with E-state index < -0.39 is 41.7 Å². The Balaban J connectivity index is 1.69. The average molecular weight is 445 g/mol. The lowest BCUT2D eigenvalue weighted by Gasteiger charge is -2.43. The maximum Gasteiger partial charge on any atom is 0.332 e. The second-order valence-corrected chi connectivity index (χ2v) is 8.46. The zero-order valence-corrected chi connectivity index (χ0v) is 17.3. The Hall–Kier alpha value is -3.27. The van der Waals surface area contributed by atoms with Crippen LogP contribution in [-0.2, 0) is 20.9 Å². The summed E-state index contributed by atoms with van der Waals surface area (Å²) >= 11 is 1.47. The van der Waals surface area contributed by atoms with E-state index in [9.17, 15) is 23.6 Å². The highest BCUT2D eigenvalue weighted by Gasteiger charge is 2.53. The Morgan fingerprint density at radius 3 is 2.65 bits per heavy atom. The van der Waals surface area contributed by atoms with Crippen LogP contribution in [0.25, 0.3) is 0 Å². The number of rotatable bonds is 6. The molecule has 1 N–H and O–H groups in total. The van der Waals surface area contributed by atoms with Gasteiger partial charge in [-0.15, -0.1) is 11.3 Å². The van der Waals surface area contributed by atoms with Crippen LogP contribution in [0.1, 0.15) is 24.1 Å². The summed E-state index contributed by atoms with van der Waals surface area (Å²) < 4.78 is 13.8. The number of urea groups is 1. The monoisotopic (exact) mass is 445 g/mol. The molecule has 0 aliphatic carbocycles. The average Bonchev–Trinajstić information content (AvgIpc) is 3.39. The number of carboxylic acids is 1. The Labute approximate surface area is 181 Å². The molecule has 31 heavy (non-hydrogen) atoms. The lowest BCUT2D eigenvalue weighted by molar-refractivity contribution is -0.143. The highest BCUT2D eigenvalue weighted by atomic mass is 32.1. The van der Waals surface area contributed by atoms with Crippen LogP contribution in [0.2, 0.25) is 0 Å². The number of carboxylic acid groups (broad SMARTS) is 1. The van der Waals surface area contributed by atoms with Gasteiger partial charge in [0.05, 0.1) is 24.7 Å². The zero-order chi connectivity index (χ0) is 22.1. The first kappa shape index (κ1) is 21.0. The molecule has 0 bridgehead atoms. The fourth-order valence-corrected chi connectivity index (χ4v) is 4.85. The zero-order valence-electron chi connectivity index (χ0n) is 16.4. The van der Waals surface area contributed by atoms with E-state index in [0.29, 0.717) is 6.42 Å². The van der Waals surface area contributed by atoms with Gasteiger partial charge in [-0.05, 0) is 36.1 Å². The van der Waals surface area contributed by atoms with Gasteiger partial charge in [-0.25, -0.2) is 14.1 Å². The van der Waals surface area contributed by atoms with E-state index in [-0.39, 0.29) is 31.6 Å². The number of nitrogens with zero attached hydrogens (tertiary/aromatic N) is 3. The smallest absolute Gasteiger partial charge is 0.332 e. The van der Waals surface area contributed by atoms with E-state index in [1.165, 1.54) is 34.4 Å². The van der Waals surface area contributed by atoms with E-state index in [1.807, 2.05) is 17.5 Å². The van der Waals surface area contributed by atoms with Crippen molar-refractivity contribution in [1.29, 1.82) is 0 Å². The second kappa shape index (κ2) is 8.46. The number of hydrogen-bond donors (Lipinski definition) is 1. The van der Waals surface area contributed by atoms with E-state index in [4.69, 9.17) is 5.11 Å². The standard InChI is InChI=1S/C21H20FN3O5S/c22-13-3-1-4-14(11-13)25-20(29)19-16(8-9-23(19)17(26)6-7-18(27)28)24(21(25)30)12-15-5-2-10-31-15/h1-5,10-11,16,19H,6-9,12H2,(H,27,28). The van der Waals surface area contributed by atoms with Crippen molar-refractivity contribution in [3.63, 3.8) is 0 Å². The minimum absolute atomic E-state index is 0.0921. The molecule has 2 aliphatic rings. The van der Waals surface area contributed by atoms with Crippen LogP contribution < -0.4 is 4.90 Å². The number of benzene rings is 1. The number of halogens is 1. The van der Waals surface area contributed by atoms with Crippen LogP contribution >= 0.6 is 11.3 Å². The van der Waals surface area contributed by atoms with Gasteiger partial charge < -0.3 is 14.9 Å². The van der Waals surface area contributed by atoms with Crippen molar-refractivity contribution < 1.29 is 28.7 Å². The number of carbonyl (C=O) groups excluding carboxylic acids is 3. The first-order valence-electron chi connectivity index (χ1n) is 9.80. The van der Waals surface area contributed by atoms with E-state index in [1.54, 1.807) is 4.90 Å². The van der Waals surface area contributed by atoms with Crippen LogP contribution in [0.5, 0.6) is 0 Å². The quantitative estimate of drug-likeness (QED) is 0.737. The lowest BCUT2D eigenvalue weighted by atomic mass is 10.0. The molecule has 2 unspecified atom stereocenters. The van der Waals surface area contributed by atoms with Crippen LogP contribution in [0.3, 0.4) is 0 Å². The van der Waals surface area contributed by atoms with Gasteiger partial charge in [0, 0.05) is 17.8 Å². The highest BCUT2D eigenvalue weighted by molar-refractivity contribution is 7.09. The summed E-state index contributed by atoms with van der Waals surface area (Å²) in [7, 11) is 0. The molecule has 0 saturated carbocycles. The number of aliphatic carboxylic acids is 1. The molecule has 1 aromatic heterocycles. The lowest BCUT2D eigenvalue weighted by Crippen LogP contribution is -2.65. The van der Waals surface area contributed by atoms with Gasteiger partial charge in [-0.1, -0.05) is 12.1 Å². The normalized spacial score (nSPS) is 20.9. The molecular weight excluding hydrogens is 425 g/mol. The first-order valence-corrected chi connectivity index (χ1v) is 10.7. The number of imide groups is 1. The molecule has 10 heteroatoms. The third kappa shape index (κ3) is 4.02. The Kier molecular flexibility index (Phi) is 5.73. The molecule has 4 rings (SSSR count). The van der Waals surface area contributed by atoms with E-state index in [2.05, 4.69) is 0 Å². The van der Waals surface area contributed by atoms with Crippen LogP contribution in [0.4, 0.5) is 14.9 Å². The third-order valence-electron chi connectivity index (χ3n) is 5.52. The number of likely N-dealkylation sites (tertiary alicyclic amines) is 1. The maximum absolute atomic E-state index is 13.8. The van der Waals surface area contributed by atoms with E-state index >= 15 is 0 Å². The summed E-state index contributed by atoms with van der Waals surface area (Å²) in [5, 5.41) is 10.8. The maximum atomic E-state index is 13.8. The fourth-order valence-electron chi connectivity index (χ4n) is 4.14. The summed E-state index contributed by atoms with van der Waals surface area (Å²) in [6, 6.07) is 6.89. The molecule has 2 atom stereocenters. The number of fused-ring (bicyclic) bond motifs is 1. The molecule has 2 aliphatic heterocycles. The van der Waals surface area contributed by atoms with E-state index in [0.717, 1.165) is 15.8 Å². The van der Waals surface area contributed by atoms with Crippen LogP contribution in [0.15, 0.2) is 41.8 Å².